The number of anilines is 3. The maximum atomic E-state index is 5.07. The number of benzene rings is 8. The van der Waals surface area contributed by atoms with Crippen molar-refractivity contribution >= 4 is 38.9 Å². The minimum atomic E-state index is 0.598. The molecule has 0 saturated carbocycles. The molecule has 270 valence electrons. The first kappa shape index (κ1) is 33.9. The largest absolute Gasteiger partial charge is 0.311 e. The van der Waals surface area contributed by atoms with Gasteiger partial charge < -0.3 is 4.90 Å². The number of rotatable bonds is 8. The summed E-state index contributed by atoms with van der Waals surface area (Å²) in [5, 5.41) is 2.29. The van der Waals surface area contributed by atoms with E-state index >= 15 is 0 Å². The molecule has 0 aliphatic rings. The fourth-order valence-corrected chi connectivity index (χ4v) is 7.85. The zero-order chi connectivity index (χ0) is 38.1. The van der Waals surface area contributed by atoms with Crippen molar-refractivity contribution in [3.8, 4) is 50.7 Å². The van der Waals surface area contributed by atoms with E-state index in [1.54, 1.807) is 0 Å². The monoisotopic (exact) mass is 731 g/mol. The van der Waals surface area contributed by atoms with Crippen LogP contribution in [0.3, 0.4) is 0 Å². The number of hydrogen-bond acceptors (Lipinski definition) is 4. The van der Waals surface area contributed by atoms with Crippen LogP contribution in [0.25, 0.3) is 72.5 Å². The van der Waals surface area contributed by atoms with Crippen LogP contribution in [0.5, 0.6) is 0 Å². The van der Waals surface area contributed by atoms with Crippen molar-refractivity contribution in [3.05, 3.63) is 212 Å². The van der Waals surface area contributed by atoms with Gasteiger partial charge in [-0.05, 0) is 77.2 Å². The van der Waals surface area contributed by atoms with Crippen LogP contribution < -0.4 is 4.90 Å². The third-order valence-corrected chi connectivity index (χ3v) is 10.6. The molecule has 5 nitrogen and oxygen atoms in total. The van der Waals surface area contributed by atoms with Crippen LogP contribution in [-0.4, -0.2) is 19.5 Å². The second-order valence-electron chi connectivity index (χ2n) is 14.1. The summed E-state index contributed by atoms with van der Waals surface area (Å²) in [4.78, 5) is 17.1. The van der Waals surface area contributed by atoms with Gasteiger partial charge >= 0.3 is 0 Å². The van der Waals surface area contributed by atoms with E-state index in [9.17, 15) is 0 Å². The van der Waals surface area contributed by atoms with Crippen molar-refractivity contribution in [2.45, 2.75) is 6.92 Å². The van der Waals surface area contributed by atoms with Crippen molar-refractivity contribution in [2.75, 3.05) is 4.90 Å². The summed E-state index contributed by atoms with van der Waals surface area (Å²) in [6, 6.07) is 72.7. The highest BCUT2D eigenvalue weighted by molar-refractivity contribution is 6.13. The highest BCUT2D eigenvalue weighted by atomic mass is 15.2. The molecule has 57 heavy (non-hydrogen) atoms. The predicted molar refractivity (Wildman–Crippen MR) is 235 cm³/mol. The molecule has 0 amide bonds. The van der Waals surface area contributed by atoms with Gasteiger partial charge in [0.1, 0.15) is 5.82 Å². The Labute approximate surface area is 331 Å². The van der Waals surface area contributed by atoms with Gasteiger partial charge in [-0.1, -0.05) is 164 Å². The van der Waals surface area contributed by atoms with Crippen LogP contribution in [0.15, 0.2) is 206 Å². The molecule has 0 N–H and O–H groups in total. The maximum Gasteiger partial charge on any atom is 0.238 e. The average Bonchev–Trinajstić information content (AvgIpc) is 3.63. The third kappa shape index (κ3) is 6.41. The van der Waals surface area contributed by atoms with E-state index in [2.05, 4.69) is 185 Å². The molecule has 0 fully saturated rings. The molecule has 10 rings (SSSR count). The molecule has 0 saturated heterocycles. The molecule has 0 aliphatic heterocycles. The normalized spacial score (nSPS) is 11.2. The van der Waals surface area contributed by atoms with Crippen molar-refractivity contribution in [1.82, 2.24) is 19.5 Å². The summed E-state index contributed by atoms with van der Waals surface area (Å²) < 4.78 is 2.20. The summed E-state index contributed by atoms with van der Waals surface area (Å²) in [7, 11) is 0. The topological polar surface area (TPSA) is 46.8 Å². The van der Waals surface area contributed by atoms with E-state index in [-0.39, 0.29) is 0 Å². The molecule has 0 bridgehead atoms. The molecule has 0 radical (unpaired) electrons. The summed E-state index contributed by atoms with van der Waals surface area (Å²) in [6.45, 7) is 1.93. The first-order chi connectivity index (χ1) is 28.2. The van der Waals surface area contributed by atoms with Gasteiger partial charge in [0.05, 0.1) is 11.0 Å². The zero-order valence-corrected chi connectivity index (χ0v) is 31.4. The third-order valence-electron chi connectivity index (χ3n) is 10.6. The average molecular weight is 732 g/mol. The summed E-state index contributed by atoms with van der Waals surface area (Å²) in [5.74, 6) is 1.92. The van der Waals surface area contributed by atoms with E-state index in [0.29, 0.717) is 17.6 Å². The Morgan fingerprint density at radius 3 is 1.39 bits per heavy atom. The van der Waals surface area contributed by atoms with Gasteiger partial charge in [0.15, 0.2) is 5.82 Å². The SMILES string of the molecule is Cc1nc(-c2ccccc2)nc(-n2c3ccccc3c3cccc(-c4ccc(N(c5ccc(-c6ccccc6)cc5)c5ccc(-c6ccccc6)cc5)cc4)c32)n1. The van der Waals surface area contributed by atoms with Crippen LogP contribution in [0.4, 0.5) is 17.1 Å². The van der Waals surface area contributed by atoms with Gasteiger partial charge in [-0.15, -0.1) is 0 Å². The van der Waals surface area contributed by atoms with Crippen molar-refractivity contribution in [2.24, 2.45) is 0 Å². The molecule has 10 aromatic rings. The maximum absolute atomic E-state index is 5.07. The van der Waals surface area contributed by atoms with Crippen LogP contribution in [0, 0.1) is 6.92 Å². The van der Waals surface area contributed by atoms with Crippen LogP contribution in [0.1, 0.15) is 5.82 Å². The minimum absolute atomic E-state index is 0.598. The van der Waals surface area contributed by atoms with Gasteiger partial charge in [0, 0.05) is 39.0 Å². The second-order valence-corrected chi connectivity index (χ2v) is 14.1. The van der Waals surface area contributed by atoms with Gasteiger partial charge in [-0.2, -0.15) is 9.97 Å². The lowest BCUT2D eigenvalue weighted by Gasteiger charge is -2.26. The Morgan fingerprint density at radius 1 is 0.368 bits per heavy atom. The first-order valence-corrected chi connectivity index (χ1v) is 19.2. The summed E-state index contributed by atoms with van der Waals surface area (Å²) in [5.41, 5.74) is 13.2. The van der Waals surface area contributed by atoms with E-state index in [1.165, 1.54) is 22.3 Å². The van der Waals surface area contributed by atoms with E-state index in [1.807, 2.05) is 37.3 Å². The molecule has 5 heteroatoms. The zero-order valence-electron chi connectivity index (χ0n) is 31.4. The minimum Gasteiger partial charge on any atom is -0.311 e. The lowest BCUT2D eigenvalue weighted by Crippen LogP contribution is -2.10. The molecule has 2 aromatic heterocycles. The highest BCUT2D eigenvalue weighted by Crippen LogP contribution is 2.41. The number of hydrogen-bond donors (Lipinski definition) is 0. The van der Waals surface area contributed by atoms with E-state index in [0.717, 1.165) is 55.6 Å². The fourth-order valence-electron chi connectivity index (χ4n) is 7.85. The lowest BCUT2D eigenvalue weighted by atomic mass is 10.0. The first-order valence-electron chi connectivity index (χ1n) is 19.2. The van der Waals surface area contributed by atoms with Crippen molar-refractivity contribution in [1.29, 1.82) is 0 Å². The fraction of sp³-hybridized carbons (Fsp3) is 0.0192. The Kier molecular flexibility index (Phi) is 8.65. The van der Waals surface area contributed by atoms with Crippen LogP contribution in [-0.2, 0) is 0 Å². The van der Waals surface area contributed by atoms with Crippen molar-refractivity contribution in [3.63, 3.8) is 0 Å². The number of aromatic nitrogens is 4. The smallest absolute Gasteiger partial charge is 0.238 e. The number of nitrogens with zero attached hydrogens (tertiary/aromatic N) is 5. The Hall–Kier alpha value is -7.63. The van der Waals surface area contributed by atoms with E-state index in [4.69, 9.17) is 15.0 Å². The molecule has 0 unspecified atom stereocenters. The predicted octanol–water partition coefficient (Wildman–Crippen LogP) is 13.4. The van der Waals surface area contributed by atoms with Crippen LogP contribution in [0.2, 0.25) is 0 Å². The molecule has 8 aromatic carbocycles. The van der Waals surface area contributed by atoms with Gasteiger partial charge in [0.2, 0.25) is 5.95 Å². The molecular weight excluding hydrogens is 695 g/mol. The Morgan fingerprint density at radius 2 is 0.825 bits per heavy atom. The summed E-state index contributed by atoms with van der Waals surface area (Å²) >= 11 is 0. The molecule has 2 heterocycles. The number of para-hydroxylation sites is 2. The van der Waals surface area contributed by atoms with E-state index < -0.39 is 0 Å². The highest BCUT2D eigenvalue weighted by Gasteiger charge is 2.20. The second kappa shape index (κ2) is 14.5. The molecule has 0 spiro atoms. The Balaban J connectivity index is 1.09. The number of aryl methyl sites for hydroxylation is 1. The van der Waals surface area contributed by atoms with Crippen LogP contribution >= 0.6 is 0 Å². The summed E-state index contributed by atoms with van der Waals surface area (Å²) in [6.07, 6.45) is 0. The van der Waals surface area contributed by atoms with Crippen molar-refractivity contribution < 1.29 is 0 Å². The molecular formula is C52H37N5. The quantitative estimate of drug-likeness (QED) is 0.156. The number of fused-ring (bicyclic) bond motifs is 3. The van der Waals surface area contributed by atoms with Gasteiger partial charge in [0.25, 0.3) is 0 Å². The van der Waals surface area contributed by atoms with Gasteiger partial charge in [-0.25, -0.2) is 4.98 Å². The Bertz CT molecular complexity index is 2890. The molecule has 0 aliphatic carbocycles. The van der Waals surface area contributed by atoms with Gasteiger partial charge in [-0.3, -0.25) is 4.57 Å². The lowest BCUT2D eigenvalue weighted by molar-refractivity contribution is 0.907. The standard InChI is InChI=1S/C52H37N5/c1-36-53-51(42-18-9-4-10-19-42)55-52(54-36)57-49-23-12-11-20-47(49)48-22-13-21-46(50(48)57)41-28-34-45(35-29-41)56(43-30-24-39(25-31-43)37-14-5-2-6-15-37)44-32-26-40(27-33-44)38-16-7-3-8-17-38/h2-35H,1H3. The molecule has 0 atom stereocenters.